The minimum absolute atomic E-state index is 0.176. The third kappa shape index (κ3) is 3.75. The van der Waals surface area contributed by atoms with Crippen molar-refractivity contribution in [2.45, 2.75) is 0 Å². The van der Waals surface area contributed by atoms with Crippen LogP contribution in [-0.2, 0) is 0 Å². The first-order valence-electron chi connectivity index (χ1n) is 9.18. The van der Waals surface area contributed by atoms with Crippen LogP contribution in [-0.4, -0.2) is 24.2 Å². The summed E-state index contributed by atoms with van der Waals surface area (Å²) in [6.45, 7) is 0. The maximum atomic E-state index is 12.6. The second kappa shape index (κ2) is 8.02. The van der Waals surface area contributed by atoms with E-state index >= 15 is 0 Å². The third-order valence-electron chi connectivity index (χ3n) is 4.67. The van der Waals surface area contributed by atoms with Gasteiger partial charge in [-0.25, -0.2) is 4.98 Å². The first-order valence-corrected chi connectivity index (χ1v) is 9.18. The van der Waals surface area contributed by atoms with Crippen LogP contribution in [0.1, 0.15) is 17.0 Å². The predicted molar refractivity (Wildman–Crippen MR) is 115 cm³/mol. The molecular formula is C24H20N2O3. The number of nitrogens with one attached hydrogen (secondary N) is 1. The van der Waals surface area contributed by atoms with E-state index in [-0.39, 0.29) is 5.56 Å². The fourth-order valence-electron chi connectivity index (χ4n) is 3.22. The monoisotopic (exact) mass is 384 g/mol. The van der Waals surface area contributed by atoms with Crippen LogP contribution in [0, 0.1) is 0 Å². The number of benzene rings is 3. The zero-order valence-corrected chi connectivity index (χ0v) is 16.2. The van der Waals surface area contributed by atoms with Gasteiger partial charge in [0.25, 0.3) is 5.56 Å². The van der Waals surface area contributed by atoms with Crippen LogP contribution >= 0.6 is 0 Å². The molecule has 0 aliphatic carbocycles. The van der Waals surface area contributed by atoms with Crippen LogP contribution in [0.3, 0.4) is 0 Å². The zero-order valence-electron chi connectivity index (χ0n) is 16.2. The number of rotatable bonds is 5. The fraction of sp³-hybridized carbons (Fsp3) is 0.0833. The number of fused-ring (bicyclic) bond motifs is 1. The Hall–Kier alpha value is -3.86. The number of para-hydroxylation sites is 1. The van der Waals surface area contributed by atoms with E-state index in [0.29, 0.717) is 28.2 Å². The highest BCUT2D eigenvalue weighted by Gasteiger charge is 2.14. The molecule has 1 N–H and O–H groups in total. The molecule has 0 aliphatic rings. The van der Waals surface area contributed by atoms with Gasteiger partial charge in [0.15, 0.2) is 11.5 Å². The Bertz CT molecular complexity index is 1240. The highest BCUT2D eigenvalue weighted by atomic mass is 16.5. The minimum Gasteiger partial charge on any atom is -0.493 e. The molecule has 0 aliphatic heterocycles. The van der Waals surface area contributed by atoms with E-state index in [9.17, 15) is 4.79 Å². The second-order valence-electron chi connectivity index (χ2n) is 6.47. The Morgan fingerprint density at radius 1 is 0.897 bits per heavy atom. The summed E-state index contributed by atoms with van der Waals surface area (Å²) in [5.74, 6) is 1.73. The molecular weight excluding hydrogens is 364 g/mol. The molecule has 3 aromatic carbocycles. The van der Waals surface area contributed by atoms with E-state index in [1.54, 1.807) is 20.3 Å². The predicted octanol–water partition coefficient (Wildman–Crippen LogP) is 4.53. The average molecular weight is 384 g/mol. The first-order chi connectivity index (χ1) is 14.2. The molecule has 0 radical (unpaired) electrons. The summed E-state index contributed by atoms with van der Waals surface area (Å²) in [5.41, 5.74) is 3.09. The van der Waals surface area contributed by atoms with Crippen molar-refractivity contribution in [3.05, 3.63) is 100 Å². The van der Waals surface area contributed by atoms with Gasteiger partial charge in [-0.15, -0.1) is 0 Å². The summed E-state index contributed by atoms with van der Waals surface area (Å²) >= 11 is 0. The number of aromatic nitrogens is 2. The molecule has 4 rings (SSSR count). The lowest BCUT2D eigenvalue weighted by molar-refractivity contribution is 0.355. The zero-order chi connectivity index (χ0) is 20.2. The van der Waals surface area contributed by atoms with E-state index in [4.69, 9.17) is 14.5 Å². The number of aromatic amines is 1. The van der Waals surface area contributed by atoms with Gasteiger partial charge in [0.2, 0.25) is 0 Å². The Labute approximate surface area is 168 Å². The molecule has 29 heavy (non-hydrogen) atoms. The largest absolute Gasteiger partial charge is 0.493 e. The molecule has 0 saturated carbocycles. The highest BCUT2D eigenvalue weighted by molar-refractivity contribution is 5.91. The molecule has 4 aromatic rings. The van der Waals surface area contributed by atoms with E-state index in [0.717, 1.165) is 16.7 Å². The van der Waals surface area contributed by atoms with Gasteiger partial charge in [0.1, 0.15) is 5.82 Å². The van der Waals surface area contributed by atoms with Crippen molar-refractivity contribution in [2.24, 2.45) is 0 Å². The SMILES string of the molecule is COc1ccc(/C(=C\c2ccccc2)c2nc3ccccc3c(=O)[nH]2)cc1OC. The molecule has 5 nitrogen and oxygen atoms in total. The van der Waals surface area contributed by atoms with Crippen molar-refractivity contribution in [3.63, 3.8) is 0 Å². The number of H-pyrrole nitrogens is 1. The van der Waals surface area contributed by atoms with Gasteiger partial charge in [-0.05, 0) is 41.5 Å². The Balaban J connectivity index is 1.95. The second-order valence-corrected chi connectivity index (χ2v) is 6.47. The van der Waals surface area contributed by atoms with Gasteiger partial charge in [-0.2, -0.15) is 0 Å². The van der Waals surface area contributed by atoms with Crippen molar-refractivity contribution in [1.82, 2.24) is 9.97 Å². The number of hydrogen-bond donors (Lipinski definition) is 1. The van der Waals surface area contributed by atoms with Crippen LogP contribution in [0.4, 0.5) is 0 Å². The molecule has 1 heterocycles. The van der Waals surface area contributed by atoms with Crippen molar-refractivity contribution in [2.75, 3.05) is 14.2 Å². The Morgan fingerprint density at radius 2 is 1.62 bits per heavy atom. The number of methoxy groups -OCH3 is 2. The number of hydrogen-bond acceptors (Lipinski definition) is 4. The average Bonchev–Trinajstić information content (AvgIpc) is 2.77. The van der Waals surface area contributed by atoms with Crippen molar-refractivity contribution in [3.8, 4) is 11.5 Å². The quantitative estimate of drug-likeness (QED) is 0.514. The first kappa shape index (κ1) is 18.5. The summed E-state index contributed by atoms with van der Waals surface area (Å²) in [5, 5.41) is 0.558. The van der Waals surface area contributed by atoms with Crippen molar-refractivity contribution >= 4 is 22.6 Å². The molecule has 0 bridgehead atoms. The number of nitrogens with zero attached hydrogens (tertiary/aromatic N) is 1. The van der Waals surface area contributed by atoms with E-state index in [2.05, 4.69) is 4.98 Å². The molecule has 0 saturated heterocycles. The molecule has 0 spiro atoms. The smallest absolute Gasteiger partial charge is 0.259 e. The topological polar surface area (TPSA) is 64.2 Å². The summed E-state index contributed by atoms with van der Waals surface area (Å²) in [4.78, 5) is 20.3. The molecule has 0 amide bonds. The van der Waals surface area contributed by atoms with Crippen LogP contribution in [0.25, 0.3) is 22.6 Å². The molecule has 1 aromatic heterocycles. The van der Waals surface area contributed by atoms with Gasteiger partial charge in [0.05, 0.1) is 25.1 Å². The maximum absolute atomic E-state index is 12.6. The Morgan fingerprint density at radius 3 is 2.38 bits per heavy atom. The van der Waals surface area contributed by atoms with Gasteiger partial charge in [-0.3, -0.25) is 4.79 Å². The summed E-state index contributed by atoms with van der Waals surface area (Å²) in [7, 11) is 3.19. The lowest BCUT2D eigenvalue weighted by Gasteiger charge is -2.13. The van der Waals surface area contributed by atoms with Crippen LogP contribution in [0.15, 0.2) is 77.6 Å². The molecule has 144 valence electrons. The highest BCUT2D eigenvalue weighted by Crippen LogP contribution is 2.33. The molecule has 0 fully saturated rings. The Kier molecular flexibility index (Phi) is 5.12. The summed E-state index contributed by atoms with van der Waals surface area (Å²) in [6, 6.07) is 22.8. The summed E-state index contributed by atoms with van der Waals surface area (Å²) in [6.07, 6.45) is 1.99. The third-order valence-corrected chi connectivity index (χ3v) is 4.67. The fourth-order valence-corrected chi connectivity index (χ4v) is 3.22. The minimum atomic E-state index is -0.176. The van der Waals surface area contributed by atoms with E-state index < -0.39 is 0 Å². The molecule has 0 unspecified atom stereocenters. The van der Waals surface area contributed by atoms with Crippen LogP contribution in [0.5, 0.6) is 11.5 Å². The van der Waals surface area contributed by atoms with Gasteiger partial charge in [-0.1, -0.05) is 48.5 Å². The van der Waals surface area contributed by atoms with E-state index in [1.165, 1.54) is 0 Å². The van der Waals surface area contributed by atoms with E-state index in [1.807, 2.05) is 72.8 Å². The van der Waals surface area contributed by atoms with Crippen LogP contribution < -0.4 is 15.0 Å². The van der Waals surface area contributed by atoms with Gasteiger partial charge < -0.3 is 14.5 Å². The lowest BCUT2D eigenvalue weighted by Crippen LogP contribution is -2.12. The van der Waals surface area contributed by atoms with Crippen LogP contribution in [0.2, 0.25) is 0 Å². The summed E-state index contributed by atoms with van der Waals surface area (Å²) < 4.78 is 10.8. The van der Waals surface area contributed by atoms with Crippen molar-refractivity contribution in [1.29, 1.82) is 0 Å². The maximum Gasteiger partial charge on any atom is 0.259 e. The molecule has 5 heteroatoms. The van der Waals surface area contributed by atoms with Gasteiger partial charge in [0, 0.05) is 5.57 Å². The number of ether oxygens (including phenoxy) is 2. The van der Waals surface area contributed by atoms with Gasteiger partial charge >= 0.3 is 0 Å². The van der Waals surface area contributed by atoms with Crippen molar-refractivity contribution < 1.29 is 9.47 Å². The lowest BCUT2D eigenvalue weighted by atomic mass is 10.0. The normalized spacial score (nSPS) is 11.4. The standard InChI is InChI=1S/C24H20N2O3/c1-28-21-13-12-17(15-22(21)29-2)19(14-16-8-4-3-5-9-16)23-25-20-11-7-6-10-18(20)24(27)26-23/h3-15H,1-2H3,(H,25,26,27)/b19-14+. The molecule has 0 atom stereocenters.